The Bertz CT molecular complexity index is 3300. The molecule has 0 bridgehead atoms. The predicted molar refractivity (Wildman–Crippen MR) is 235 cm³/mol. The minimum Gasteiger partial charge on any atom is -0.346 e. The van der Waals surface area contributed by atoms with Crippen LogP contribution in [0.3, 0.4) is 0 Å². The predicted octanol–water partition coefficient (Wildman–Crippen LogP) is 9.07. The zero-order valence-corrected chi connectivity index (χ0v) is 39.4. The standard InChI is InChI=1S/C45H40ClF10N7O5S2/c1-42(2,70(67,68)24-7-8-24)14-13-31-25-5-4-6-26(25)34(28-10-12-30(46)36-38(28)63(20-43(49,50)51)60-41(36)61-69(3,65)66)37(58-31)32(17-21-15-22(47)18-23(48)16-21)57-33(64)19-62-40-35(39(59-62)45(54,55)56)27-9-11-29(27)44(40,52)53/h10,12,15-16,18,24,27,29,32H,4-9,11,17,19-20H2,1-3H3,(H,57,64)(H,60,61)/t27-,29+,32-/m0/s1. The highest BCUT2D eigenvalue weighted by Gasteiger charge is 2.63. The molecule has 70 heavy (non-hydrogen) atoms. The van der Waals surface area contributed by atoms with Crippen LogP contribution in [0.4, 0.5) is 49.7 Å². The van der Waals surface area contributed by atoms with Crippen LogP contribution < -0.4 is 10.0 Å². The zero-order chi connectivity index (χ0) is 50.8. The number of halogens is 11. The summed E-state index contributed by atoms with van der Waals surface area (Å²) in [5.41, 5.74) is -3.71. The minimum absolute atomic E-state index is 0.0217. The number of fused-ring (bicyclic) bond motifs is 5. The number of carbonyl (C=O) groups is 1. The summed E-state index contributed by atoms with van der Waals surface area (Å²) in [5.74, 6) is -4.82. The molecule has 1 amide bonds. The summed E-state index contributed by atoms with van der Waals surface area (Å²) < 4.78 is 201. The van der Waals surface area contributed by atoms with Crippen molar-refractivity contribution in [2.24, 2.45) is 5.92 Å². The van der Waals surface area contributed by atoms with E-state index in [2.05, 4.69) is 32.1 Å². The number of carbonyl (C=O) groups excluding carboxylic acids is 1. The van der Waals surface area contributed by atoms with Crippen molar-refractivity contribution in [3.05, 3.63) is 92.0 Å². The van der Waals surface area contributed by atoms with Crippen LogP contribution in [0.15, 0.2) is 30.3 Å². The first-order chi connectivity index (χ1) is 32.4. The molecule has 3 heterocycles. The molecule has 0 spiro atoms. The molecule has 12 nitrogen and oxygen atoms in total. The van der Waals surface area contributed by atoms with E-state index in [4.69, 9.17) is 16.6 Å². The van der Waals surface area contributed by atoms with E-state index in [0.717, 1.165) is 18.4 Å². The number of anilines is 1. The number of pyridine rings is 1. The number of sulfonamides is 1. The quantitative estimate of drug-likeness (QED) is 0.0926. The number of aromatic nitrogens is 5. The molecule has 25 heteroatoms. The summed E-state index contributed by atoms with van der Waals surface area (Å²) in [6.45, 7) is -0.259. The minimum atomic E-state index is -5.19. The van der Waals surface area contributed by atoms with Gasteiger partial charge < -0.3 is 5.32 Å². The molecule has 2 fully saturated rings. The molecule has 5 aromatic rings. The number of rotatable bonds is 12. The van der Waals surface area contributed by atoms with Gasteiger partial charge in [-0.15, -0.1) is 0 Å². The number of hydrogen-bond donors (Lipinski definition) is 2. The summed E-state index contributed by atoms with van der Waals surface area (Å²) in [5, 5.41) is 8.79. The molecule has 3 atom stereocenters. The van der Waals surface area contributed by atoms with Crippen LogP contribution in [-0.2, 0) is 69.1 Å². The molecule has 4 aliphatic carbocycles. The highest BCUT2D eigenvalue weighted by molar-refractivity contribution is 7.93. The summed E-state index contributed by atoms with van der Waals surface area (Å²) in [7, 11) is -8.05. The second-order valence-electron chi connectivity index (χ2n) is 18.6. The summed E-state index contributed by atoms with van der Waals surface area (Å²) >= 11 is 6.61. The first-order valence-corrected chi connectivity index (χ1v) is 25.6. The van der Waals surface area contributed by atoms with Crippen LogP contribution in [0.25, 0.3) is 22.0 Å². The number of nitrogens with one attached hydrogen (secondary N) is 2. The number of hydrogen-bond acceptors (Lipinski definition) is 8. The first-order valence-electron chi connectivity index (χ1n) is 21.8. The lowest BCUT2D eigenvalue weighted by Crippen LogP contribution is -2.37. The summed E-state index contributed by atoms with van der Waals surface area (Å²) in [6, 6.07) is 3.14. The van der Waals surface area contributed by atoms with Crippen molar-refractivity contribution in [2.75, 3.05) is 11.0 Å². The smallest absolute Gasteiger partial charge is 0.346 e. The Morgan fingerprint density at radius 3 is 2.21 bits per heavy atom. The van der Waals surface area contributed by atoms with Crippen molar-refractivity contribution in [2.45, 2.75) is 119 Å². The van der Waals surface area contributed by atoms with Gasteiger partial charge in [0.2, 0.25) is 15.9 Å². The fourth-order valence-corrected chi connectivity index (χ4v) is 12.5. The van der Waals surface area contributed by atoms with Crippen molar-refractivity contribution in [1.29, 1.82) is 0 Å². The van der Waals surface area contributed by atoms with Gasteiger partial charge in [0, 0.05) is 28.7 Å². The van der Waals surface area contributed by atoms with E-state index in [1.165, 1.54) is 26.0 Å². The largest absolute Gasteiger partial charge is 0.435 e. The van der Waals surface area contributed by atoms with Crippen molar-refractivity contribution >= 4 is 54.1 Å². The molecule has 0 unspecified atom stereocenters. The molecule has 0 saturated heterocycles. The first kappa shape index (κ1) is 49.6. The number of sulfone groups is 1. The lowest BCUT2D eigenvalue weighted by Gasteiger charge is -2.34. The second kappa shape index (κ2) is 16.9. The van der Waals surface area contributed by atoms with Crippen molar-refractivity contribution < 1.29 is 65.5 Å². The molecule has 0 radical (unpaired) electrons. The van der Waals surface area contributed by atoms with Crippen LogP contribution in [-0.4, -0.2) is 69.7 Å². The molecule has 0 aliphatic heterocycles. The molecule has 4 aliphatic rings. The van der Waals surface area contributed by atoms with Crippen LogP contribution in [0.1, 0.15) is 103 Å². The van der Waals surface area contributed by atoms with Gasteiger partial charge in [0.25, 0.3) is 5.92 Å². The summed E-state index contributed by atoms with van der Waals surface area (Å²) in [6.07, 6.45) is -8.57. The number of alkyl halides is 8. The van der Waals surface area contributed by atoms with E-state index in [1.54, 1.807) is 0 Å². The second-order valence-corrected chi connectivity index (χ2v) is 23.6. The van der Waals surface area contributed by atoms with Crippen LogP contribution in [0.2, 0.25) is 5.02 Å². The Hall–Kier alpha value is -5.41. The maximum atomic E-state index is 15.9. The maximum Gasteiger partial charge on any atom is 0.435 e. The average Bonchev–Trinajstić information content (AvgIpc) is 3.63. The van der Waals surface area contributed by atoms with E-state index in [9.17, 15) is 56.8 Å². The van der Waals surface area contributed by atoms with Crippen molar-refractivity contribution in [3.63, 3.8) is 0 Å². The Morgan fingerprint density at radius 2 is 1.61 bits per heavy atom. The topological polar surface area (TPSA) is 158 Å². The fraction of sp³-hybridized carbons (Fsp3) is 0.467. The molecular formula is C45H40ClF10N7O5S2. The molecule has 3 aromatic heterocycles. The van der Waals surface area contributed by atoms with Gasteiger partial charge in [-0.1, -0.05) is 23.6 Å². The van der Waals surface area contributed by atoms with E-state index >= 15 is 8.78 Å². The third kappa shape index (κ3) is 8.98. The van der Waals surface area contributed by atoms with Gasteiger partial charge in [-0.05, 0) is 112 Å². The van der Waals surface area contributed by atoms with E-state index in [0.29, 0.717) is 41.1 Å². The normalized spacial score (nSPS) is 19.2. The molecular weight excluding hydrogens is 1010 g/mol. The maximum absolute atomic E-state index is 15.9. The average molecular weight is 1050 g/mol. The van der Waals surface area contributed by atoms with Crippen molar-refractivity contribution in [3.8, 4) is 23.0 Å². The molecule has 374 valence electrons. The van der Waals surface area contributed by atoms with Gasteiger partial charge in [0.15, 0.2) is 21.3 Å². The Morgan fingerprint density at radius 1 is 0.943 bits per heavy atom. The van der Waals surface area contributed by atoms with Gasteiger partial charge in [-0.3, -0.25) is 18.9 Å². The lowest BCUT2D eigenvalue weighted by atomic mass is 9.73. The van der Waals surface area contributed by atoms with Crippen LogP contribution >= 0.6 is 11.6 Å². The fourth-order valence-electron chi connectivity index (χ4n) is 9.94. The zero-order valence-electron chi connectivity index (χ0n) is 37.0. The number of benzene rings is 2. The molecule has 9 rings (SSSR count). The van der Waals surface area contributed by atoms with E-state index < -0.39 is 131 Å². The Kier molecular flexibility index (Phi) is 11.9. The Balaban J connectivity index is 1.29. The van der Waals surface area contributed by atoms with Gasteiger partial charge >= 0.3 is 12.4 Å². The number of amides is 1. The lowest BCUT2D eigenvalue weighted by molar-refractivity contribution is -0.144. The van der Waals surface area contributed by atoms with E-state index in [-0.39, 0.29) is 68.9 Å². The van der Waals surface area contributed by atoms with Crippen LogP contribution in [0.5, 0.6) is 0 Å². The van der Waals surface area contributed by atoms with Gasteiger partial charge in [-0.2, -0.15) is 45.3 Å². The monoisotopic (exact) mass is 1050 g/mol. The summed E-state index contributed by atoms with van der Waals surface area (Å²) in [4.78, 5) is 19.2. The Labute approximate surface area is 398 Å². The SMILES string of the molecule is CC(C)(C#Cc1nc([C@H](Cc2cc(F)cc(F)c2)NC(=O)Cn2nc(C(F)(F)F)c3c2C(F)(F)[C@@H]2CC[C@H]32)c(-c2ccc(Cl)c3c(NS(C)(=O)=O)nn(CC(F)(F)F)c23)c2c1CCC2)S(=O)(=O)C1CC1. The van der Waals surface area contributed by atoms with Gasteiger partial charge in [0.1, 0.15) is 40.9 Å². The van der Waals surface area contributed by atoms with Crippen LogP contribution in [0, 0.1) is 29.4 Å². The molecule has 2 saturated carbocycles. The van der Waals surface area contributed by atoms with Gasteiger partial charge in [-0.25, -0.2) is 30.6 Å². The van der Waals surface area contributed by atoms with Crippen molar-refractivity contribution in [1.82, 2.24) is 29.9 Å². The molecule has 2 aromatic carbocycles. The third-order valence-electron chi connectivity index (χ3n) is 13.2. The highest BCUT2D eigenvalue weighted by Crippen LogP contribution is 2.64. The number of nitrogens with zero attached hydrogens (tertiary/aromatic N) is 5. The molecule has 2 N–H and O–H groups in total. The van der Waals surface area contributed by atoms with Gasteiger partial charge in [0.05, 0.1) is 39.2 Å². The van der Waals surface area contributed by atoms with E-state index in [1.807, 2.05) is 0 Å². The highest BCUT2D eigenvalue weighted by atomic mass is 35.5. The third-order valence-corrected chi connectivity index (χ3v) is 16.9.